The molecule has 1 N–H and O–H groups in total. The van der Waals surface area contributed by atoms with Gasteiger partial charge in [-0.2, -0.15) is 0 Å². The first kappa shape index (κ1) is 14.1. The maximum absolute atomic E-state index is 13.1. The van der Waals surface area contributed by atoms with Crippen LogP contribution in [0, 0.1) is 5.82 Å². The summed E-state index contributed by atoms with van der Waals surface area (Å²) in [6, 6.07) is 6.33. The van der Waals surface area contributed by atoms with Gasteiger partial charge in [-0.3, -0.25) is 0 Å². The normalized spacial score (nSPS) is 17.7. The Hall–Kier alpha value is -2.47. The standard InChI is InChI=1S/C17H17FN4O/c18-13-5-3-12(4-6-13)15-11-22-8-7-19-17(22)16(21-15)20-10-14-2-1-9-23-14/h3-8,11,14H,1-2,9-10H2,(H,20,21). The van der Waals surface area contributed by atoms with E-state index in [0.717, 1.165) is 36.4 Å². The Morgan fingerprint density at radius 2 is 2.17 bits per heavy atom. The molecule has 1 aliphatic rings. The number of hydrogen-bond acceptors (Lipinski definition) is 4. The van der Waals surface area contributed by atoms with E-state index in [2.05, 4.69) is 15.3 Å². The number of imidazole rings is 1. The summed E-state index contributed by atoms with van der Waals surface area (Å²) in [5, 5.41) is 3.34. The van der Waals surface area contributed by atoms with Gasteiger partial charge in [0.1, 0.15) is 5.82 Å². The third-order valence-electron chi connectivity index (χ3n) is 4.04. The van der Waals surface area contributed by atoms with Gasteiger partial charge in [-0.05, 0) is 37.1 Å². The van der Waals surface area contributed by atoms with Gasteiger partial charge >= 0.3 is 0 Å². The van der Waals surface area contributed by atoms with Crippen LogP contribution in [-0.4, -0.2) is 33.6 Å². The fourth-order valence-electron chi connectivity index (χ4n) is 2.83. The molecule has 0 bridgehead atoms. The zero-order valence-electron chi connectivity index (χ0n) is 12.6. The van der Waals surface area contributed by atoms with E-state index >= 15 is 0 Å². The first-order valence-corrected chi connectivity index (χ1v) is 7.75. The fourth-order valence-corrected chi connectivity index (χ4v) is 2.83. The first-order chi connectivity index (χ1) is 11.3. The van der Waals surface area contributed by atoms with Gasteiger partial charge in [0.05, 0.1) is 11.8 Å². The van der Waals surface area contributed by atoms with Crippen molar-refractivity contribution in [1.29, 1.82) is 0 Å². The second-order valence-corrected chi connectivity index (χ2v) is 5.66. The molecule has 6 heteroatoms. The van der Waals surface area contributed by atoms with Crippen LogP contribution in [0.5, 0.6) is 0 Å². The third-order valence-corrected chi connectivity index (χ3v) is 4.04. The Morgan fingerprint density at radius 3 is 2.96 bits per heavy atom. The Bertz CT molecular complexity index is 809. The summed E-state index contributed by atoms with van der Waals surface area (Å²) < 4.78 is 20.7. The number of halogens is 1. The van der Waals surface area contributed by atoms with Gasteiger partial charge in [-0.25, -0.2) is 14.4 Å². The Balaban J connectivity index is 1.67. The van der Waals surface area contributed by atoms with E-state index in [0.29, 0.717) is 12.4 Å². The molecular weight excluding hydrogens is 295 g/mol. The lowest BCUT2D eigenvalue weighted by molar-refractivity contribution is 0.120. The van der Waals surface area contributed by atoms with Crippen LogP contribution in [0.1, 0.15) is 12.8 Å². The molecular formula is C17H17FN4O. The number of rotatable bonds is 4. The average molecular weight is 312 g/mol. The van der Waals surface area contributed by atoms with Gasteiger partial charge < -0.3 is 14.5 Å². The molecule has 4 rings (SSSR count). The van der Waals surface area contributed by atoms with Crippen molar-refractivity contribution in [3.63, 3.8) is 0 Å². The van der Waals surface area contributed by atoms with Crippen molar-refractivity contribution in [2.24, 2.45) is 0 Å². The van der Waals surface area contributed by atoms with Gasteiger partial charge in [0, 0.05) is 37.3 Å². The Labute approximate surface area is 133 Å². The quantitative estimate of drug-likeness (QED) is 0.804. The third kappa shape index (κ3) is 2.90. The molecule has 5 nitrogen and oxygen atoms in total. The van der Waals surface area contributed by atoms with E-state index in [-0.39, 0.29) is 11.9 Å². The lowest BCUT2D eigenvalue weighted by Crippen LogP contribution is -2.19. The molecule has 118 valence electrons. The Morgan fingerprint density at radius 1 is 1.30 bits per heavy atom. The fraction of sp³-hybridized carbons (Fsp3) is 0.294. The van der Waals surface area contributed by atoms with Crippen LogP contribution in [0.15, 0.2) is 42.9 Å². The van der Waals surface area contributed by atoms with Crippen LogP contribution in [0.4, 0.5) is 10.2 Å². The van der Waals surface area contributed by atoms with Crippen LogP contribution in [0.2, 0.25) is 0 Å². The van der Waals surface area contributed by atoms with Gasteiger partial charge in [-0.15, -0.1) is 0 Å². The highest BCUT2D eigenvalue weighted by molar-refractivity contribution is 5.69. The van der Waals surface area contributed by atoms with Crippen molar-refractivity contribution >= 4 is 11.5 Å². The summed E-state index contributed by atoms with van der Waals surface area (Å²) in [7, 11) is 0. The van der Waals surface area contributed by atoms with Gasteiger partial charge in [0.2, 0.25) is 0 Å². The molecule has 0 amide bonds. The summed E-state index contributed by atoms with van der Waals surface area (Å²) in [5.74, 6) is 0.460. The van der Waals surface area contributed by atoms with E-state index in [1.54, 1.807) is 18.3 Å². The molecule has 1 aliphatic heterocycles. The molecule has 2 aromatic heterocycles. The summed E-state index contributed by atoms with van der Waals surface area (Å²) in [4.78, 5) is 9.01. The van der Waals surface area contributed by atoms with E-state index in [1.165, 1.54) is 12.1 Å². The van der Waals surface area contributed by atoms with Crippen LogP contribution in [0.25, 0.3) is 16.9 Å². The van der Waals surface area contributed by atoms with Crippen LogP contribution in [0.3, 0.4) is 0 Å². The molecule has 1 unspecified atom stereocenters. The molecule has 1 saturated heterocycles. The van der Waals surface area contributed by atoms with Crippen molar-refractivity contribution in [3.05, 3.63) is 48.7 Å². The van der Waals surface area contributed by atoms with Gasteiger partial charge in [0.15, 0.2) is 11.5 Å². The zero-order chi connectivity index (χ0) is 15.6. The molecule has 0 radical (unpaired) electrons. The van der Waals surface area contributed by atoms with E-state index in [4.69, 9.17) is 4.74 Å². The number of nitrogens with one attached hydrogen (secondary N) is 1. The highest BCUT2D eigenvalue weighted by atomic mass is 19.1. The summed E-state index contributed by atoms with van der Waals surface area (Å²) in [5.41, 5.74) is 2.40. The summed E-state index contributed by atoms with van der Waals surface area (Å²) >= 11 is 0. The summed E-state index contributed by atoms with van der Waals surface area (Å²) in [6.45, 7) is 1.54. The average Bonchev–Trinajstić information content (AvgIpc) is 3.24. The molecule has 0 aliphatic carbocycles. The molecule has 1 aromatic carbocycles. The lowest BCUT2D eigenvalue weighted by Gasteiger charge is -2.13. The predicted molar refractivity (Wildman–Crippen MR) is 85.8 cm³/mol. The van der Waals surface area contributed by atoms with E-state index < -0.39 is 0 Å². The van der Waals surface area contributed by atoms with Crippen molar-refractivity contribution in [3.8, 4) is 11.3 Å². The number of anilines is 1. The van der Waals surface area contributed by atoms with Crippen molar-refractivity contribution in [1.82, 2.24) is 14.4 Å². The lowest BCUT2D eigenvalue weighted by atomic mass is 10.1. The maximum Gasteiger partial charge on any atom is 0.180 e. The topological polar surface area (TPSA) is 51.5 Å². The second kappa shape index (κ2) is 5.96. The highest BCUT2D eigenvalue weighted by Crippen LogP contribution is 2.23. The van der Waals surface area contributed by atoms with Gasteiger partial charge in [-0.1, -0.05) is 0 Å². The molecule has 0 saturated carbocycles. The summed E-state index contributed by atoms with van der Waals surface area (Å²) in [6.07, 6.45) is 7.90. The second-order valence-electron chi connectivity index (χ2n) is 5.66. The molecule has 3 heterocycles. The number of fused-ring (bicyclic) bond motifs is 1. The number of ether oxygens (including phenoxy) is 1. The highest BCUT2D eigenvalue weighted by Gasteiger charge is 2.16. The van der Waals surface area contributed by atoms with Crippen molar-refractivity contribution in [2.45, 2.75) is 18.9 Å². The van der Waals surface area contributed by atoms with Crippen LogP contribution >= 0.6 is 0 Å². The van der Waals surface area contributed by atoms with Crippen molar-refractivity contribution in [2.75, 3.05) is 18.5 Å². The smallest absolute Gasteiger partial charge is 0.180 e. The van der Waals surface area contributed by atoms with E-state index in [1.807, 2.05) is 16.8 Å². The number of aromatic nitrogens is 3. The van der Waals surface area contributed by atoms with E-state index in [9.17, 15) is 4.39 Å². The monoisotopic (exact) mass is 312 g/mol. The number of hydrogen-bond donors (Lipinski definition) is 1. The van der Waals surface area contributed by atoms with Gasteiger partial charge in [0.25, 0.3) is 0 Å². The minimum absolute atomic E-state index is 0.223. The Kier molecular flexibility index (Phi) is 3.67. The molecule has 1 fully saturated rings. The van der Waals surface area contributed by atoms with Crippen LogP contribution in [-0.2, 0) is 4.74 Å². The molecule has 1 atom stereocenters. The number of benzene rings is 1. The molecule has 3 aromatic rings. The zero-order valence-corrected chi connectivity index (χ0v) is 12.6. The number of nitrogens with zero attached hydrogens (tertiary/aromatic N) is 3. The predicted octanol–water partition coefficient (Wildman–Crippen LogP) is 3.13. The van der Waals surface area contributed by atoms with Crippen LogP contribution < -0.4 is 5.32 Å². The first-order valence-electron chi connectivity index (χ1n) is 7.75. The minimum Gasteiger partial charge on any atom is -0.376 e. The van der Waals surface area contributed by atoms with Crippen molar-refractivity contribution < 1.29 is 9.13 Å². The SMILES string of the molecule is Fc1ccc(-c2cn3ccnc3c(NCC3CCCO3)n2)cc1. The minimum atomic E-state index is -0.255. The largest absolute Gasteiger partial charge is 0.376 e. The maximum atomic E-state index is 13.1. The molecule has 23 heavy (non-hydrogen) atoms. The molecule has 0 spiro atoms.